The summed E-state index contributed by atoms with van der Waals surface area (Å²) in [5.41, 5.74) is 12.2. The molecule has 0 aliphatic rings. The summed E-state index contributed by atoms with van der Waals surface area (Å²) in [6.45, 7) is 0. The summed E-state index contributed by atoms with van der Waals surface area (Å²) in [6.07, 6.45) is 6.88. The second kappa shape index (κ2) is 8.66. The molecule has 0 aliphatic heterocycles. The Labute approximate surface area is 132 Å². The summed E-state index contributed by atoms with van der Waals surface area (Å²) in [6, 6.07) is -1.70. The van der Waals surface area contributed by atoms with Gasteiger partial charge in [-0.05, 0) is 0 Å². The van der Waals surface area contributed by atoms with Gasteiger partial charge in [-0.15, -0.1) is 0 Å². The number of aromatic nitrogens is 4. The molecule has 0 bridgehead atoms. The number of aromatic amines is 1. The van der Waals surface area contributed by atoms with Crippen molar-refractivity contribution < 1.29 is 19.8 Å². The fourth-order valence-electron chi connectivity index (χ4n) is 1.61. The van der Waals surface area contributed by atoms with E-state index in [2.05, 4.69) is 15.0 Å². The monoisotopic (exact) mass is 324 g/mol. The zero-order valence-corrected chi connectivity index (χ0v) is 12.6. The van der Waals surface area contributed by atoms with Crippen molar-refractivity contribution in [2.24, 2.45) is 18.5 Å². The Morgan fingerprint density at radius 3 is 2.22 bits per heavy atom. The Morgan fingerprint density at radius 1 is 1.17 bits per heavy atom. The van der Waals surface area contributed by atoms with E-state index >= 15 is 0 Å². The van der Waals surface area contributed by atoms with E-state index in [1.807, 2.05) is 0 Å². The summed E-state index contributed by atoms with van der Waals surface area (Å²) in [5, 5.41) is 16.9. The van der Waals surface area contributed by atoms with Crippen LogP contribution >= 0.6 is 0 Å². The summed E-state index contributed by atoms with van der Waals surface area (Å²) in [7, 11) is 1.80. The zero-order valence-electron chi connectivity index (χ0n) is 12.6. The number of hydrogen-bond acceptors (Lipinski definition) is 6. The molecule has 0 spiro atoms. The van der Waals surface area contributed by atoms with Crippen molar-refractivity contribution in [3.05, 3.63) is 36.4 Å². The number of aryl methyl sites for hydroxylation is 1. The highest BCUT2D eigenvalue weighted by molar-refractivity contribution is 5.73. The average Bonchev–Trinajstić information content (AvgIpc) is 3.12. The van der Waals surface area contributed by atoms with Gasteiger partial charge in [0.2, 0.25) is 0 Å². The molecule has 2 atom stereocenters. The van der Waals surface area contributed by atoms with Gasteiger partial charge in [0.15, 0.2) is 0 Å². The zero-order chi connectivity index (χ0) is 17.4. The number of H-pyrrole nitrogens is 1. The molecular weight excluding hydrogens is 304 g/mol. The van der Waals surface area contributed by atoms with E-state index in [4.69, 9.17) is 21.7 Å². The molecule has 2 rings (SSSR count). The Balaban J connectivity index is 0.000000231. The maximum atomic E-state index is 10.4. The van der Waals surface area contributed by atoms with Gasteiger partial charge in [0.25, 0.3) is 0 Å². The third-order valence-electron chi connectivity index (χ3n) is 2.97. The third kappa shape index (κ3) is 6.28. The minimum absolute atomic E-state index is 0.287. The summed E-state index contributed by atoms with van der Waals surface area (Å²) >= 11 is 0. The first kappa shape index (κ1) is 18.3. The maximum absolute atomic E-state index is 10.4. The fraction of sp³-hybridized carbons (Fsp3) is 0.385. The molecule has 0 saturated heterocycles. The van der Waals surface area contributed by atoms with E-state index in [1.165, 1.54) is 6.33 Å². The van der Waals surface area contributed by atoms with Gasteiger partial charge in [-0.3, -0.25) is 9.59 Å². The highest BCUT2D eigenvalue weighted by Gasteiger charge is 2.13. The molecule has 23 heavy (non-hydrogen) atoms. The van der Waals surface area contributed by atoms with E-state index in [0.717, 1.165) is 11.4 Å². The van der Waals surface area contributed by atoms with Crippen LogP contribution in [0.5, 0.6) is 0 Å². The molecular formula is C13H20N6O4. The predicted octanol–water partition coefficient (Wildman–Crippen LogP) is -1.26. The first-order valence-electron chi connectivity index (χ1n) is 6.70. The quantitative estimate of drug-likeness (QED) is 0.437. The Kier molecular flexibility index (Phi) is 6.90. The van der Waals surface area contributed by atoms with Gasteiger partial charge in [0.1, 0.15) is 12.1 Å². The third-order valence-corrected chi connectivity index (χ3v) is 2.97. The number of nitrogens with one attached hydrogen (secondary N) is 1. The van der Waals surface area contributed by atoms with Gasteiger partial charge < -0.3 is 31.2 Å². The van der Waals surface area contributed by atoms with Gasteiger partial charge in [0.05, 0.1) is 12.7 Å². The van der Waals surface area contributed by atoms with Crippen LogP contribution < -0.4 is 11.5 Å². The van der Waals surface area contributed by atoms with Gasteiger partial charge in [-0.25, -0.2) is 9.97 Å². The fourth-order valence-corrected chi connectivity index (χ4v) is 1.61. The molecule has 0 unspecified atom stereocenters. The molecule has 2 aromatic heterocycles. The summed E-state index contributed by atoms with van der Waals surface area (Å²) in [4.78, 5) is 31.0. The Hall–Kier alpha value is -2.72. The summed E-state index contributed by atoms with van der Waals surface area (Å²) in [5.74, 6) is -1.99. The lowest BCUT2D eigenvalue weighted by Gasteiger charge is -2.05. The number of carboxylic acids is 2. The normalized spacial score (nSPS) is 12.8. The van der Waals surface area contributed by atoms with Gasteiger partial charge >= 0.3 is 11.9 Å². The smallest absolute Gasteiger partial charge is 0.320 e. The lowest BCUT2D eigenvalue weighted by atomic mass is 10.2. The van der Waals surface area contributed by atoms with Crippen LogP contribution in [0.3, 0.4) is 0 Å². The van der Waals surface area contributed by atoms with Crippen LogP contribution in [0.1, 0.15) is 11.4 Å². The highest BCUT2D eigenvalue weighted by atomic mass is 16.4. The topological polar surface area (TPSA) is 173 Å². The van der Waals surface area contributed by atoms with Crippen molar-refractivity contribution in [3.8, 4) is 0 Å². The van der Waals surface area contributed by atoms with Crippen molar-refractivity contribution in [3.63, 3.8) is 0 Å². The highest BCUT2D eigenvalue weighted by Crippen LogP contribution is 1.99. The van der Waals surface area contributed by atoms with Crippen LogP contribution in [0.15, 0.2) is 25.0 Å². The number of hydrogen-bond donors (Lipinski definition) is 5. The van der Waals surface area contributed by atoms with Crippen molar-refractivity contribution in [1.82, 2.24) is 19.5 Å². The number of rotatable bonds is 6. The number of aliphatic carboxylic acids is 2. The molecule has 0 saturated carbocycles. The molecule has 10 heteroatoms. The number of nitrogens with zero attached hydrogens (tertiary/aromatic N) is 3. The van der Waals surface area contributed by atoms with Crippen LogP contribution in [-0.4, -0.2) is 53.8 Å². The van der Waals surface area contributed by atoms with Crippen LogP contribution in [0.4, 0.5) is 0 Å². The number of nitrogens with two attached hydrogens (primary N) is 2. The van der Waals surface area contributed by atoms with E-state index in [1.54, 1.807) is 30.3 Å². The molecule has 0 aromatic carbocycles. The molecule has 126 valence electrons. The molecule has 2 aromatic rings. The van der Waals surface area contributed by atoms with Crippen molar-refractivity contribution in [2.45, 2.75) is 24.9 Å². The molecule has 10 nitrogen and oxygen atoms in total. The molecule has 7 N–H and O–H groups in total. The van der Waals surface area contributed by atoms with Crippen molar-refractivity contribution in [2.75, 3.05) is 0 Å². The Morgan fingerprint density at radius 2 is 1.78 bits per heavy atom. The average molecular weight is 324 g/mol. The molecule has 2 heterocycles. The van der Waals surface area contributed by atoms with Crippen molar-refractivity contribution in [1.29, 1.82) is 0 Å². The van der Waals surface area contributed by atoms with Crippen LogP contribution in [0.2, 0.25) is 0 Å². The number of carbonyl (C=O) groups is 2. The number of carboxylic acid groups (broad SMARTS) is 2. The van der Waals surface area contributed by atoms with E-state index in [-0.39, 0.29) is 6.42 Å². The SMILES string of the molecule is Cn1cncc1C[C@H](N)C(=O)O.N[C@@H](Cc1cnc[nH]1)C(=O)O. The molecule has 0 aliphatic carbocycles. The lowest BCUT2D eigenvalue weighted by molar-refractivity contribution is -0.139. The summed E-state index contributed by atoms with van der Waals surface area (Å²) < 4.78 is 1.75. The van der Waals surface area contributed by atoms with Gasteiger partial charge in [0, 0.05) is 43.7 Å². The molecule has 0 radical (unpaired) electrons. The second-order valence-corrected chi connectivity index (χ2v) is 4.87. The minimum atomic E-state index is -1.00. The lowest BCUT2D eigenvalue weighted by Crippen LogP contribution is -2.32. The first-order chi connectivity index (χ1) is 10.8. The largest absolute Gasteiger partial charge is 0.480 e. The van der Waals surface area contributed by atoms with Crippen LogP contribution in [0.25, 0.3) is 0 Å². The van der Waals surface area contributed by atoms with Gasteiger partial charge in [-0.1, -0.05) is 0 Å². The van der Waals surface area contributed by atoms with Crippen LogP contribution in [0, 0.1) is 0 Å². The van der Waals surface area contributed by atoms with Gasteiger partial charge in [-0.2, -0.15) is 0 Å². The van der Waals surface area contributed by atoms with E-state index in [0.29, 0.717) is 6.42 Å². The van der Waals surface area contributed by atoms with E-state index in [9.17, 15) is 9.59 Å². The predicted molar refractivity (Wildman–Crippen MR) is 80.4 cm³/mol. The maximum Gasteiger partial charge on any atom is 0.320 e. The second-order valence-electron chi connectivity index (χ2n) is 4.87. The minimum Gasteiger partial charge on any atom is -0.480 e. The van der Waals surface area contributed by atoms with E-state index < -0.39 is 24.0 Å². The molecule has 0 fully saturated rings. The first-order valence-corrected chi connectivity index (χ1v) is 6.70. The van der Waals surface area contributed by atoms with Crippen molar-refractivity contribution >= 4 is 11.9 Å². The standard InChI is InChI=1S/C7H11N3O2.C6H9N3O2/c1-10-4-9-3-5(10)2-6(8)7(11)12;7-5(6(10)11)1-4-2-8-3-9-4/h3-4,6H,2,8H2,1H3,(H,11,12);2-3,5H,1,7H2,(H,8,9)(H,10,11)/t6-;5-/m00/s1. The Bertz CT molecular complexity index is 624. The number of imidazole rings is 2. The molecule has 0 amide bonds. The van der Waals surface area contributed by atoms with Crippen LogP contribution in [-0.2, 0) is 29.5 Å².